The van der Waals surface area contributed by atoms with Crippen molar-refractivity contribution in [3.05, 3.63) is 64.2 Å². The highest BCUT2D eigenvalue weighted by Gasteiger charge is 2.20. The average Bonchev–Trinajstić information content (AvgIpc) is 3.16. The summed E-state index contributed by atoms with van der Waals surface area (Å²) in [5, 5.41) is 11.7. The van der Waals surface area contributed by atoms with Gasteiger partial charge in [0.05, 0.1) is 5.56 Å². The molecule has 2 aromatic heterocycles. The fraction of sp³-hybridized carbons (Fsp3) is 0.273. The lowest BCUT2D eigenvalue weighted by Gasteiger charge is -2.09. The standard InChI is InChI=1S/C22H21N3S/c1-3-12-25-15(2)19(16-8-4-6-10-20(16)25)14-24-22-18(13-23)17-9-5-7-11-21(17)26-22/h3-4,6,8,10,14H,1,5,7,9,11-12H2,2H3. The minimum absolute atomic E-state index is 0.775. The van der Waals surface area contributed by atoms with E-state index < -0.39 is 0 Å². The molecule has 4 rings (SSSR count). The van der Waals surface area contributed by atoms with Gasteiger partial charge in [-0.2, -0.15) is 5.26 Å². The zero-order chi connectivity index (χ0) is 18.1. The molecule has 0 spiro atoms. The van der Waals surface area contributed by atoms with Crippen LogP contribution in [0.5, 0.6) is 0 Å². The molecular formula is C22H21N3S. The molecule has 3 nitrogen and oxygen atoms in total. The minimum atomic E-state index is 0.775. The average molecular weight is 359 g/mol. The van der Waals surface area contributed by atoms with E-state index in [1.807, 2.05) is 12.3 Å². The van der Waals surface area contributed by atoms with Gasteiger partial charge in [0, 0.05) is 39.8 Å². The first-order valence-electron chi connectivity index (χ1n) is 9.02. The second-order valence-electron chi connectivity index (χ2n) is 6.68. The zero-order valence-corrected chi connectivity index (χ0v) is 15.8. The van der Waals surface area contributed by atoms with Crippen molar-refractivity contribution in [2.24, 2.45) is 4.99 Å². The van der Waals surface area contributed by atoms with Crippen molar-refractivity contribution in [1.82, 2.24) is 4.57 Å². The third kappa shape index (κ3) is 2.69. The SMILES string of the molecule is C=CCn1c(C)c(C=Nc2sc3c(c2C#N)CCCC3)c2ccccc21. The monoisotopic (exact) mass is 359 g/mol. The fourth-order valence-corrected chi connectivity index (χ4v) is 5.05. The van der Waals surface area contributed by atoms with Gasteiger partial charge in [-0.3, -0.25) is 0 Å². The molecule has 0 unspecified atom stereocenters. The molecule has 0 radical (unpaired) electrons. The highest BCUT2D eigenvalue weighted by atomic mass is 32.1. The number of aromatic nitrogens is 1. The molecule has 0 N–H and O–H groups in total. The van der Waals surface area contributed by atoms with Crippen LogP contribution >= 0.6 is 11.3 Å². The molecule has 0 atom stereocenters. The van der Waals surface area contributed by atoms with Crippen molar-refractivity contribution < 1.29 is 0 Å². The summed E-state index contributed by atoms with van der Waals surface area (Å²) in [6, 6.07) is 10.8. The maximum absolute atomic E-state index is 9.63. The molecule has 3 aromatic rings. The number of hydrogen-bond donors (Lipinski definition) is 0. The van der Waals surface area contributed by atoms with Crippen molar-refractivity contribution in [3.8, 4) is 6.07 Å². The Morgan fingerprint density at radius 3 is 2.92 bits per heavy atom. The van der Waals surface area contributed by atoms with Crippen LogP contribution in [0.3, 0.4) is 0 Å². The van der Waals surface area contributed by atoms with E-state index in [2.05, 4.69) is 48.4 Å². The summed E-state index contributed by atoms with van der Waals surface area (Å²) in [7, 11) is 0. The van der Waals surface area contributed by atoms with E-state index in [1.54, 1.807) is 11.3 Å². The molecule has 0 saturated heterocycles. The number of hydrogen-bond acceptors (Lipinski definition) is 3. The summed E-state index contributed by atoms with van der Waals surface area (Å²) in [5.41, 5.74) is 5.51. The number of para-hydroxylation sites is 1. The molecule has 1 aliphatic rings. The summed E-state index contributed by atoms with van der Waals surface area (Å²) in [6.45, 7) is 6.77. The second kappa shape index (κ2) is 6.93. The molecule has 0 fully saturated rings. The van der Waals surface area contributed by atoms with E-state index >= 15 is 0 Å². The molecule has 2 heterocycles. The Hall–Kier alpha value is -2.64. The van der Waals surface area contributed by atoms with Gasteiger partial charge in [-0.15, -0.1) is 17.9 Å². The number of nitrogens with zero attached hydrogens (tertiary/aromatic N) is 3. The summed E-state index contributed by atoms with van der Waals surface area (Å²) in [4.78, 5) is 6.12. The van der Waals surface area contributed by atoms with Crippen LogP contribution in [0.15, 0.2) is 41.9 Å². The van der Waals surface area contributed by atoms with Crippen molar-refractivity contribution in [2.45, 2.75) is 39.2 Å². The molecule has 26 heavy (non-hydrogen) atoms. The van der Waals surface area contributed by atoms with Crippen LogP contribution in [0.25, 0.3) is 10.9 Å². The topological polar surface area (TPSA) is 41.1 Å². The molecule has 1 aliphatic carbocycles. The lowest BCUT2D eigenvalue weighted by Crippen LogP contribution is -1.99. The van der Waals surface area contributed by atoms with Crippen molar-refractivity contribution >= 4 is 33.5 Å². The second-order valence-corrected chi connectivity index (χ2v) is 7.76. The molecule has 0 saturated carbocycles. The van der Waals surface area contributed by atoms with Gasteiger partial charge in [-0.1, -0.05) is 24.3 Å². The first-order valence-corrected chi connectivity index (χ1v) is 9.83. The first kappa shape index (κ1) is 16.8. The predicted octanol–water partition coefficient (Wildman–Crippen LogP) is 5.70. The lowest BCUT2D eigenvalue weighted by atomic mass is 9.96. The number of nitriles is 1. The minimum Gasteiger partial charge on any atom is -0.340 e. The van der Waals surface area contributed by atoms with E-state index in [0.29, 0.717) is 0 Å². The molecule has 4 heteroatoms. The van der Waals surface area contributed by atoms with E-state index in [9.17, 15) is 5.26 Å². The van der Waals surface area contributed by atoms with Gasteiger partial charge in [0.25, 0.3) is 0 Å². The van der Waals surface area contributed by atoms with Gasteiger partial charge in [-0.05, 0) is 44.2 Å². The lowest BCUT2D eigenvalue weighted by molar-refractivity contribution is 0.696. The van der Waals surface area contributed by atoms with Crippen LogP contribution in [0.4, 0.5) is 5.00 Å². The Morgan fingerprint density at radius 1 is 1.31 bits per heavy atom. The van der Waals surface area contributed by atoms with Gasteiger partial charge < -0.3 is 4.57 Å². The Labute approximate surface area is 157 Å². The molecule has 0 bridgehead atoms. The quantitative estimate of drug-likeness (QED) is 0.435. The van der Waals surface area contributed by atoms with Gasteiger partial charge >= 0.3 is 0 Å². The molecule has 130 valence electrons. The van der Waals surface area contributed by atoms with Gasteiger partial charge in [0.1, 0.15) is 11.1 Å². The Balaban J connectivity index is 1.81. The Bertz CT molecular complexity index is 1060. The summed E-state index contributed by atoms with van der Waals surface area (Å²) in [6.07, 6.45) is 8.35. The van der Waals surface area contributed by atoms with Crippen LogP contribution in [0.2, 0.25) is 0 Å². The first-order chi connectivity index (χ1) is 12.7. The molecule has 1 aromatic carbocycles. The third-order valence-corrected chi connectivity index (χ3v) is 6.37. The van der Waals surface area contributed by atoms with E-state index in [0.717, 1.165) is 35.5 Å². The maximum Gasteiger partial charge on any atom is 0.134 e. The molecule has 0 amide bonds. The smallest absolute Gasteiger partial charge is 0.134 e. The van der Waals surface area contributed by atoms with Crippen LogP contribution in [-0.2, 0) is 19.4 Å². The summed E-state index contributed by atoms with van der Waals surface area (Å²) in [5.74, 6) is 0. The number of rotatable bonds is 4. The predicted molar refractivity (Wildman–Crippen MR) is 110 cm³/mol. The van der Waals surface area contributed by atoms with Crippen molar-refractivity contribution in [2.75, 3.05) is 0 Å². The molecule has 0 aliphatic heterocycles. The number of aryl methyl sites for hydroxylation is 1. The highest BCUT2D eigenvalue weighted by molar-refractivity contribution is 7.16. The van der Waals surface area contributed by atoms with Crippen molar-refractivity contribution in [1.29, 1.82) is 5.26 Å². The van der Waals surface area contributed by atoms with Gasteiger partial charge in [0.15, 0.2) is 0 Å². The fourth-order valence-electron chi connectivity index (χ4n) is 3.87. The zero-order valence-electron chi connectivity index (χ0n) is 15.0. The van der Waals surface area contributed by atoms with Crippen LogP contribution in [-0.4, -0.2) is 10.8 Å². The number of fused-ring (bicyclic) bond motifs is 2. The molecular weight excluding hydrogens is 338 g/mol. The Morgan fingerprint density at radius 2 is 2.12 bits per heavy atom. The Kier molecular flexibility index (Phi) is 4.48. The number of aliphatic imine (C=N–C) groups is 1. The highest BCUT2D eigenvalue weighted by Crippen LogP contribution is 2.39. The normalized spacial score (nSPS) is 13.8. The van der Waals surface area contributed by atoms with E-state index in [4.69, 9.17) is 4.99 Å². The van der Waals surface area contributed by atoms with Gasteiger partial charge in [0.2, 0.25) is 0 Å². The third-order valence-electron chi connectivity index (χ3n) is 5.17. The summed E-state index contributed by atoms with van der Waals surface area (Å²) >= 11 is 1.69. The number of allylic oxidation sites excluding steroid dienone is 1. The van der Waals surface area contributed by atoms with E-state index in [1.165, 1.54) is 39.9 Å². The summed E-state index contributed by atoms with van der Waals surface area (Å²) < 4.78 is 2.26. The number of benzene rings is 1. The largest absolute Gasteiger partial charge is 0.340 e. The number of thiophene rings is 1. The van der Waals surface area contributed by atoms with E-state index in [-0.39, 0.29) is 0 Å². The van der Waals surface area contributed by atoms with Crippen LogP contribution in [0.1, 0.15) is 40.1 Å². The van der Waals surface area contributed by atoms with Crippen LogP contribution in [0, 0.1) is 18.3 Å². The van der Waals surface area contributed by atoms with Crippen LogP contribution < -0.4 is 0 Å². The van der Waals surface area contributed by atoms with Crippen molar-refractivity contribution in [3.63, 3.8) is 0 Å². The maximum atomic E-state index is 9.63. The van der Waals surface area contributed by atoms with Gasteiger partial charge in [-0.25, -0.2) is 4.99 Å².